The Morgan fingerprint density at radius 2 is 1.51 bits per heavy atom. The van der Waals surface area contributed by atoms with Gasteiger partial charge < -0.3 is 10.0 Å². The van der Waals surface area contributed by atoms with Crippen LogP contribution in [0, 0.1) is 6.92 Å². The van der Waals surface area contributed by atoms with Crippen LogP contribution >= 0.6 is 23.4 Å². The minimum absolute atomic E-state index is 0.211. The summed E-state index contributed by atoms with van der Waals surface area (Å²) in [6.07, 6.45) is 0. The van der Waals surface area contributed by atoms with Crippen molar-refractivity contribution < 1.29 is 9.90 Å². The molecule has 4 aromatic rings. The van der Waals surface area contributed by atoms with E-state index < -0.39 is 0 Å². The molecule has 0 aliphatic heterocycles. The molecule has 4 nitrogen and oxygen atoms in total. The standard InChI is InChI=1S/C29H25ClN2O2S/c1-21-10-16-27(17-11-21)35-29(31-28(34)24-8-5-9-25(30)18-24)32(19-22-6-3-2-4-7-22)20-23-12-14-26(33)15-13-23/h2-18,33H,19-20H2,1H3. The fourth-order valence-electron chi connectivity index (χ4n) is 3.46. The number of thioether (sulfide) groups is 1. The molecule has 0 atom stereocenters. The van der Waals surface area contributed by atoms with Crippen LogP contribution < -0.4 is 0 Å². The molecule has 0 fully saturated rings. The number of rotatable bonds is 6. The second-order valence-corrected chi connectivity index (χ2v) is 9.61. The molecule has 4 rings (SSSR count). The number of phenols is 1. The molecular formula is C29H25ClN2O2S. The summed E-state index contributed by atoms with van der Waals surface area (Å²) in [5, 5.41) is 10.8. The van der Waals surface area contributed by atoms with Gasteiger partial charge in [-0.2, -0.15) is 4.99 Å². The lowest BCUT2D eigenvalue weighted by Crippen LogP contribution is -2.29. The van der Waals surface area contributed by atoms with Gasteiger partial charge >= 0.3 is 0 Å². The van der Waals surface area contributed by atoms with Crippen molar-refractivity contribution in [2.24, 2.45) is 4.99 Å². The molecule has 176 valence electrons. The molecule has 1 amide bonds. The molecule has 0 unspecified atom stereocenters. The highest BCUT2D eigenvalue weighted by molar-refractivity contribution is 8.13. The van der Waals surface area contributed by atoms with Crippen molar-refractivity contribution in [2.75, 3.05) is 0 Å². The van der Waals surface area contributed by atoms with E-state index in [0.717, 1.165) is 21.6 Å². The minimum Gasteiger partial charge on any atom is -0.508 e. The first kappa shape index (κ1) is 24.6. The Morgan fingerprint density at radius 3 is 2.17 bits per heavy atom. The minimum atomic E-state index is -0.356. The normalized spacial score (nSPS) is 11.3. The van der Waals surface area contributed by atoms with Crippen LogP contribution in [0.1, 0.15) is 27.0 Å². The van der Waals surface area contributed by atoms with Crippen molar-refractivity contribution >= 4 is 34.4 Å². The third kappa shape index (κ3) is 7.22. The highest BCUT2D eigenvalue weighted by atomic mass is 35.5. The zero-order valence-electron chi connectivity index (χ0n) is 19.3. The molecule has 0 aromatic heterocycles. The van der Waals surface area contributed by atoms with E-state index in [1.165, 1.54) is 11.8 Å². The molecule has 0 saturated carbocycles. The van der Waals surface area contributed by atoms with Crippen molar-refractivity contribution in [2.45, 2.75) is 24.9 Å². The number of hydrogen-bond donors (Lipinski definition) is 1. The van der Waals surface area contributed by atoms with E-state index in [1.54, 1.807) is 36.4 Å². The third-order valence-electron chi connectivity index (χ3n) is 5.30. The average molecular weight is 501 g/mol. The molecule has 0 aliphatic rings. The van der Waals surface area contributed by atoms with Crippen molar-refractivity contribution in [1.82, 2.24) is 4.90 Å². The Hall–Kier alpha value is -3.54. The smallest absolute Gasteiger partial charge is 0.279 e. The number of benzene rings is 4. The van der Waals surface area contributed by atoms with E-state index in [0.29, 0.717) is 28.8 Å². The predicted molar refractivity (Wildman–Crippen MR) is 144 cm³/mol. The Kier molecular flexibility index (Phi) is 8.24. The largest absolute Gasteiger partial charge is 0.508 e. The zero-order valence-corrected chi connectivity index (χ0v) is 20.8. The molecule has 35 heavy (non-hydrogen) atoms. The van der Waals surface area contributed by atoms with Gasteiger partial charge in [0.1, 0.15) is 5.75 Å². The molecule has 0 heterocycles. The Balaban J connectivity index is 1.74. The lowest BCUT2D eigenvalue weighted by Gasteiger charge is -2.26. The van der Waals surface area contributed by atoms with Gasteiger partial charge in [0.2, 0.25) is 0 Å². The number of amidine groups is 1. The maximum Gasteiger partial charge on any atom is 0.279 e. The van der Waals surface area contributed by atoms with Gasteiger partial charge in [-0.15, -0.1) is 0 Å². The van der Waals surface area contributed by atoms with E-state index in [2.05, 4.69) is 22.0 Å². The SMILES string of the molecule is Cc1ccc(SC(=NC(=O)c2cccc(Cl)c2)N(Cc2ccccc2)Cc2ccc(O)cc2)cc1. The van der Waals surface area contributed by atoms with Crippen molar-refractivity contribution in [1.29, 1.82) is 0 Å². The first-order chi connectivity index (χ1) is 17.0. The van der Waals surface area contributed by atoms with Crippen LogP contribution in [0.5, 0.6) is 5.75 Å². The summed E-state index contributed by atoms with van der Waals surface area (Å²) in [5.74, 6) is -0.145. The second kappa shape index (κ2) is 11.7. The number of nitrogens with zero attached hydrogens (tertiary/aromatic N) is 2. The van der Waals surface area contributed by atoms with Crippen LogP contribution in [-0.2, 0) is 13.1 Å². The number of halogens is 1. The maximum absolute atomic E-state index is 13.2. The Labute approximate surface area is 214 Å². The summed E-state index contributed by atoms with van der Waals surface area (Å²) >= 11 is 7.57. The van der Waals surface area contributed by atoms with Crippen molar-refractivity contribution in [3.63, 3.8) is 0 Å². The summed E-state index contributed by atoms with van der Waals surface area (Å²) in [6.45, 7) is 3.11. The highest BCUT2D eigenvalue weighted by Gasteiger charge is 2.18. The fraction of sp³-hybridized carbons (Fsp3) is 0.103. The monoisotopic (exact) mass is 500 g/mol. The van der Waals surface area contributed by atoms with E-state index in [1.807, 2.05) is 61.5 Å². The second-order valence-electron chi connectivity index (χ2n) is 8.13. The van der Waals surface area contributed by atoms with Crippen LogP contribution in [0.15, 0.2) is 113 Å². The van der Waals surface area contributed by atoms with Crippen LogP contribution in [0.2, 0.25) is 5.02 Å². The highest BCUT2D eigenvalue weighted by Crippen LogP contribution is 2.26. The number of phenolic OH excluding ortho intramolecular Hbond substituents is 1. The maximum atomic E-state index is 13.2. The van der Waals surface area contributed by atoms with Gasteiger partial charge in [0.25, 0.3) is 5.91 Å². The topological polar surface area (TPSA) is 52.9 Å². The molecule has 0 radical (unpaired) electrons. The number of hydrogen-bond acceptors (Lipinski definition) is 3. The fourth-order valence-corrected chi connectivity index (χ4v) is 4.52. The van der Waals surface area contributed by atoms with Gasteiger partial charge in [-0.25, -0.2) is 0 Å². The summed E-state index contributed by atoms with van der Waals surface area (Å²) in [7, 11) is 0. The van der Waals surface area contributed by atoms with E-state index in [9.17, 15) is 9.90 Å². The summed E-state index contributed by atoms with van der Waals surface area (Å²) in [5.41, 5.74) is 3.68. The van der Waals surface area contributed by atoms with Crippen LogP contribution in [0.25, 0.3) is 0 Å². The van der Waals surface area contributed by atoms with Crippen LogP contribution in [0.3, 0.4) is 0 Å². The molecule has 6 heteroatoms. The predicted octanol–water partition coefficient (Wildman–Crippen LogP) is 7.34. The molecule has 0 bridgehead atoms. The lowest BCUT2D eigenvalue weighted by molar-refractivity contribution is 0.100. The van der Waals surface area contributed by atoms with Crippen molar-refractivity contribution in [3.8, 4) is 5.75 Å². The number of carbonyl (C=O) groups is 1. The third-order valence-corrected chi connectivity index (χ3v) is 6.57. The average Bonchev–Trinajstić information content (AvgIpc) is 2.86. The van der Waals surface area contributed by atoms with E-state index in [-0.39, 0.29) is 11.7 Å². The van der Waals surface area contributed by atoms with Gasteiger partial charge in [0.05, 0.1) is 0 Å². The van der Waals surface area contributed by atoms with Gasteiger partial charge in [-0.1, -0.05) is 89.6 Å². The van der Waals surface area contributed by atoms with Gasteiger partial charge in [-0.3, -0.25) is 4.79 Å². The number of aliphatic imine (C=N–C) groups is 1. The first-order valence-corrected chi connectivity index (χ1v) is 12.4. The summed E-state index contributed by atoms with van der Waals surface area (Å²) < 4.78 is 0. The number of amides is 1. The Morgan fingerprint density at radius 1 is 0.857 bits per heavy atom. The summed E-state index contributed by atoms with van der Waals surface area (Å²) in [4.78, 5) is 20.8. The van der Waals surface area contributed by atoms with Crippen LogP contribution in [-0.4, -0.2) is 21.1 Å². The number of aromatic hydroxyl groups is 1. The Bertz CT molecular complexity index is 1310. The first-order valence-electron chi connectivity index (χ1n) is 11.2. The molecule has 4 aromatic carbocycles. The molecule has 0 saturated heterocycles. The molecule has 0 spiro atoms. The van der Waals surface area contributed by atoms with Gasteiger partial charge in [0, 0.05) is 28.6 Å². The molecule has 1 N–H and O–H groups in total. The van der Waals surface area contributed by atoms with E-state index >= 15 is 0 Å². The molecule has 0 aliphatic carbocycles. The van der Waals surface area contributed by atoms with Gasteiger partial charge in [-0.05, 0) is 60.5 Å². The number of carbonyl (C=O) groups excluding carboxylic acids is 1. The van der Waals surface area contributed by atoms with E-state index in [4.69, 9.17) is 11.6 Å². The van der Waals surface area contributed by atoms with Crippen LogP contribution in [0.4, 0.5) is 0 Å². The zero-order chi connectivity index (χ0) is 24.6. The molecular weight excluding hydrogens is 476 g/mol. The van der Waals surface area contributed by atoms with Gasteiger partial charge in [0.15, 0.2) is 5.17 Å². The van der Waals surface area contributed by atoms with Crippen molar-refractivity contribution in [3.05, 3.63) is 130 Å². The lowest BCUT2D eigenvalue weighted by atomic mass is 10.1. The summed E-state index contributed by atoms with van der Waals surface area (Å²) in [6, 6.07) is 32.1. The quantitative estimate of drug-likeness (QED) is 0.171. The number of aryl methyl sites for hydroxylation is 1.